The number of nitrogens with zero attached hydrogens (tertiary/aromatic N) is 1. The molecule has 1 aliphatic rings. The van der Waals surface area contributed by atoms with Crippen LogP contribution in [0.2, 0.25) is 0 Å². The topological polar surface area (TPSA) is 29.5 Å². The first kappa shape index (κ1) is 14.5. The number of rotatable bonds is 3. The Morgan fingerprint density at radius 3 is 2.68 bits per heavy atom. The largest absolute Gasteiger partial charge is 0.374 e. The summed E-state index contributed by atoms with van der Waals surface area (Å²) in [6, 6.07) is 7.94. The third-order valence-electron chi connectivity index (χ3n) is 3.42. The molecule has 0 radical (unpaired) electrons. The van der Waals surface area contributed by atoms with E-state index < -0.39 is 0 Å². The SMILES string of the molecule is CC(C)c1ccc(C(=O)N2CCOC(CBr)C2)cc1. The maximum Gasteiger partial charge on any atom is 0.254 e. The van der Waals surface area contributed by atoms with Gasteiger partial charge < -0.3 is 9.64 Å². The third-order valence-corrected chi connectivity index (χ3v) is 4.14. The van der Waals surface area contributed by atoms with E-state index in [4.69, 9.17) is 4.74 Å². The molecule has 0 aromatic heterocycles. The number of halogens is 1. The highest BCUT2D eigenvalue weighted by Crippen LogP contribution is 2.17. The Morgan fingerprint density at radius 1 is 1.42 bits per heavy atom. The second-order valence-electron chi connectivity index (χ2n) is 5.17. The van der Waals surface area contributed by atoms with E-state index in [1.54, 1.807) is 0 Å². The molecule has 1 aromatic rings. The molecule has 104 valence electrons. The van der Waals surface area contributed by atoms with Crippen LogP contribution in [0.4, 0.5) is 0 Å². The van der Waals surface area contributed by atoms with Gasteiger partial charge in [0.05, 0.1) is 12.7 Å². The van der Waals surface area contributed by atoms with E-state index in [2.05, 4.69) is 29.8 Å². The Hall–Kier alpha value is -0.870. The third kappa shape index (κ3) is 3.57. The van der Waals surface area contributed by atoms with Gasteiger partial charge in [0, 0.05) is 24.0 Å². The van der Waals surface area contributed by atoms with Crippen molar-refractivity contribution in [1.29, 1.82) is 0 Å². The maximum atomic E-state index is 12.4. The Bertz CT molecular complexity index is 430. The maximum absolute atomic E-state index is 12.4. The molecule has 3 nitrogen and oxygen atoms in total. The molecule has 4 heteroatoms. The van der Waals surface area contributed by atoms with Crippen molar-refractivity contribution >= 4 is 21.8 Å². The van der Waals surface area contributed by atoms with Crippen molar-refractivity contribution in [1.82, 2.24) is 4.90 Å². The fourth-order valence-corrected chi connectivity index (χ4v) is 2.58. The van der Waals surface area contributed by atoms with Crippen LogP contribution in [0.1, 0.15) is 35.7 Å². The molecule has 0 saturated carbocycles. The summed E-state index contributed by atoms with van der Waals surface area (Å²) >= 11 is 3.41. The van der Waals surface area contributed by atoms with E-state index >= 15 is 0 Å². The predicted octanol–water partition coefficient (Wildman–Crippen LogP) is 3.05. The van der Waals surface area contributed by atoms with Crippen molar-refractivity contribution in [2.75, 3.05) is 25.0 Å². The predicted molar refractivity (Wildman–Crippen MR) is 80.0 cm³/mol. The van der Waals surface area contributed by atoms with Crippen molar-refractivity contribution in [3.05, 3.63) is 35.4 Å². The lowest BCUT2D eigenvalue weighted by molar-refractivity contribution is -0.00965. The van der Waals surface area contributed by atoms with Crippen LogP contribution in [-0.2, 0) is 4.74 Å². The molecule has 1 heterocycles. The number of carbonyl (C=O) groups is 1. The van der Waals surface area contributed by atoms with Gasteiger partial charge >= 0.3 is 0 Å². The average molecular weight is 326 g/mol. The molecule has 0 aliphatic carbocycles. The van der Waals surface area contributed by atoms with Gasteiger partial charge in [-0.1, -0.05) is 41.9 Å². The van der Waals surface area contributed by atoms with Gasteiger partial charge in [0.25, 0.3) is 5.91 Å². The molecular formula is C15H20BrNO2. The van der Waals surface area contributed by atoms with Gasteiger partial charge in [0.15, 0.2) is 0 Å². The van der Waals surface area contributed by atoms with Gasteiger partial charge in [-0.05, 0) is 23.6 Å². The van der Waals surface area contributed by atoms with Gasteiger partial charge in [-0.15, -0.1) is 0 Å². The summed E-state index contributed by atoms with van der Waals surface area (Å²) in [5.41, 5.74) is 2.02. The Kier molecular flexibility index (Phi) is 4.99. The van der Waals surface area contributed by atoms with E-state index in [-0.39, 0.29) is 12.0 Å². The fraction of sp³-hybridized carbons (Fsp3) is 0.533. The number of benzene rings is 1. The van der Waals surface area contributed by atoms with Crippen LogP contribution in [0.5, 0.6) is 0 Å². The zero-order valence-corrected chi connectivity index (χ0v) is 13.0. The summed E-state index contributed by atoms with van der Waals surface area (Å²) in [4.78, 5) is 14.3. The molecule has 1 fully saturated rings. The lowest BCUT2D eigenvalue weighted by Gasteiger charge is -2.32. The van der Waals surface area contributed by atoms with Gasteiger partial charge in [-0.25, -0.2) is 0 Å². The number of hydrogen-bond acceptors (Lipinski definition) is 2. The Morgan fingerprint density at radius 2 is 2.11 bits per heavy atom. The van der Waals surface area contributed by atoms with Crippen molar-refractivity contribution in [3.63, 3.8) is 0 Å². The zero-order chi connectivity index (χ0) is 13.8. The van der Waals surface area contributed by atoms with Crippen molar-refractivity contribution in [3.8, 4) is 0 Å². The minimum atomic E-state index is 0.101. The zero-order valence-electron chi connectivity index (χ0n) is 11.4. The molecule has 19 heavy (non-hydrogen) atoms. The van der Waals surface area contributed by atoms with Gasteiger partial charge in [0.1, 0.15) is 0 Å². The Balaban J connectivity index is 2.06. The van der Waals surface area contributed by atoms with E-state index in [1.165, 1.54) is 5.56 Å². The highest BCUT2D eigenvalue weighted by atomic mass is 79.9. The highest BCUT2D eigenvalue weighted by Gasteiger charge is 2.24. The molecule has 1 saturated heterocycles. The summed E-state index contributed by atoms with van der Waals surface area (Å²) in [5, 5.41) is 0.767. The van der Waals surface area contributed by atoms with Gasteiger partial charge in [0.2, 0.25) is 0 Å². The van der Waals surface area contributed by atoms with Crippen LogP contribution in [0.3, 0.4) is 0 Å². The lowest BCUT2D eigenvalue weighted by atomic mass is 10.0. The molecule has 0 spiro atoms. The molecule has 1 aromatic carbocycles. The van der Waals surface area contributed by atoms with Crippen LogP contribution in [0, 0.1) is 0 Å². The van der Waals surface area contributed by atoms with Gasteiger partial charge in [-0.3, -0.25) is 4.79 Å². The van der Waals surface area contributed by atoms with Crippen molar-refractivity contribution < 1.29 is 9.53 Å². The second kappa shape index (κ2) is 6.53. The number of ether oxygens (including phenoxy) is 1. The lowest BCUT2D eigenvalue weighted by Crippen LogP contribution is -2.46. The number of carbonyl (C=O) groups excluding carboxylic acids is 1. The molecule has 0 N–H and O–H groups in total. The number of amides is 1. The standard InChI is InChI=1S/C15H20BrNO2/c1-11(2)12-3-5-13(6-4-12)15(18)17-7-8-19-14(9-16)10-17/h3-6,11,14H,7-10H2,1-2H3. The number of alkyl halides is 1. The molecule has 1 aliphatic heterocycles. The van der Waals surface area contributed by atoms with E-state index in [0.717, 1.165) is 10.9 Å². The first-order chi connectivity index (χ1) is 9.11. The minimum absolute atomic E-state index is 0.101. The Labute approximate surface area is 123 Å². The smallest absolute Gasteiger partial charge is 0.254 e. The molecule has 1 unspecified atom stereocenters. The highest BCUT2D eigenvalue weighted by molar-refractivity contribution is 9.09. The first-order valence-corrected chi connectivity index (χ1v) is 7.80. The van der Waals surface area contributed by atoms with E-state index in [9.17, 15) is 4.79 Å². The number of morpholine rings is 1. The minimum Gasteiger partial charge on any atom is -0.374 e. The second-order valence-corrected chi connectivity index (χ2v) is 5.82. The van der Waals surface area contributed by atoms with Crippen molar-refractivity contribution in [2.45, 2.75) is 25.9 Å². The van der Waals surface area contributed by atoms with Crippen LogP contribution in [0.15, 0.2) is 24.3 Å². The summed E-state index contributed by atoms with van der Waals surface area (Å²) in [6.07, 6.45) is 0.104. The average Bonchev–Trinajstić information content (AvgIpc) is 2.46. The van der Waals surface area contributed by atoms with Crippen molar-refractivity contribution in [2.24, 2.45) is 0 Å². The summed E-state index contributed by atoms with van der Waals surface area (Å²) in [5.74, 6) is 0.592. The van der Waals surface area contributed by atoms with Crippen LogP contribution in [0.25, 0.3) is 0 Å². The summed E-state index contributed by atoms with van der Waals surface area (Å²) < 4.78 is 5.55. The quantitative estimate of drug-likeness (QED) is 0.799. The molecule has 1 amide bonds. The molecule has 1 atom stereocenters. The van der Waals surface area contributed by atoms with Crippen LogP contribution >= 0.6 is 15.9 Å². The van der Waals surface area contributed by atoms with Crippen LogP contribution < -0.4 is 0 Å². The normalized spacial score (nSPS) is 19.8. The monoisotopic (exact) mass is 325 g/mol. The molecule has 0 bridgehead atoms. The molecular weight excluding hydrogens is 306 g/mol. The molecule has 2 rings (SSSR count). The first-order valence-electron chi connectivity index (χ1n) is 6.68. The van der Waals surface area contributed by atoms with E-state index in [0.29, 0.717) is 25.6 Å². The fourth-order valence-electron chi connectivity index (χ4n) is 2.19. The van der Waals surface area contributed by atoms with Gasteiger partial charge in [-0.2, -0.15) is 0 Å². The van der Waals surface area contributed by atoms with Crippen LogP contribution in [-0.4, -0.2) is 41.9 Å². The summed E-state index contributed by atoms with van der Waals surface area (Å²) in [7, 11) is 0. The number of hydrogen-bond donors (Lipinski definition) is 0. The summed E-state index contributed by atoms with van der Waals surface area (Å²) in [6.45, 7) is 6.26. The van der Waals surface area contributed by atoms with E-state index in [1.807, 2.05) is 29.2 Å².